The lowest BCUT2D eigenvalue weighted by atomic mass is 10.2. The lowest BCUT2D eigenvalue weighted by Crippen LogP contribution is -2.20. The van der Waals surface area contributed by atoms with Gasteiger partial charge in [-0.15, -0.1) is 11.3 Å². The van der Waals surface area contributed by atoms with Crippen LogP contribution in [0.3, 0.4) is 0 Å². The lowest BCUT2D eigenvalue weighted by molar-refractivity contribution is 0.705. The van der Waals surface area contributed by atoms with E-state index in [1.165, 1.54) is 6.33 Å². The Hall–Kier alpha value is -1.73. The highest BCUT2D eigenvalue weighted by atomic mass is 32.1. The van der Waals surface area contributed by atoms with Crippen molar-refractivity contribution in [2.45, 2.75) is 19.4 Å². The van der Waals surface area contributed by atoms with Gasteiger partial charge in [0.1, 0.15) is 12.7 Å². The van der Waals surface area contributed by atoms with Crippen molar-refractivity contribution in [2.24, 2.45) is 5.73 Å². The third kappa shape index (κ3) is 1.73. The van der Waals surface area contributed by atoms with E-state index >= 15 is 0 Å². The molecule has 0 aromatic carbocycles. The summed E-state index contributed by atoms with van der Waals surface area (Å²) in [6, 6.07) is 0.0806. The van der Waals surface area contributed by atoms with E-state index in [4.69, 9.17) is 5.73 Å². The Morgan fingerprint density at radius 3 is 3.12 bits per heavy atom. The van der Waals surface area contributed by atoms with Gasteiger partial charge in [-0.05, 0) is 6.92 Å². The van der Waals surface area contributed by atoms with E-state index in [2.05, 4.69) is 19.5 Å². The van der Waals surface area contributed by atoms with Gasteiger partial charge in [0.2, 0.25) is 0 Å². The van der Waals surface area contributed by atoms with Crippen LogP contribution in [0, 0.1) is 0 Å². The predicted octanol–water partition coefficient (Wildman–Crippen LogP) is 0.866. The highest BCUT2D eigenvalue weighted by Crippen LogP contribution is 2.20. The van der Waals surface area contributed by atoms with Gasteiger partial charge >= 0.3 is 0 Å². The van der Waals surface area contributed by atoms with Crippen LogP contribution in [0.4, 0.5) is 0 Å². The normalized spacial score (nSPS) is 13.3. The summed E-state index contributed by atoms with van der Waals surface area (Å²) in [4.78, 5) is 9.45. The molecule has 2 N–H and O–H groups in total. The van der Waals surface area contributed by atoms with Gasteiger partial charge in [-0.3, -0.25) is 4.40 Å². The Kier molecular flexibility index (Phi) is 2.41. The van der Waals surface area contributed by atoms with Gasteiger partial charge < -0.3 is 5.73 Å². The SMILES string of the molecule is CC(N)Cc1c(-n2cncn2)nc2sccn12. The zero-order valence-electron chi connectivity index (χ0n) is 9.32. The minimum atomic E-state index is 0.0806. The molecule has 0 bridgehead atoms. The van der Waals surface area contributed by atoms with Crippen molar-refractivity contribution in [1.29, 1.82) is 0 Å². The maximum absolute atomic E-state index is 5.88. The summed E-state index contributed by atoms with van der Waals surface area (Å²) in [6.45, 7) is 1.98. The monoisotopic (exact) mass is 248 g/mol. The molecule has 3 aromatic rings. The summed E-state index contributed by atoms with van der Waals surface area (Å²) in [7, 11) is 0. The molecule has 17 heavy (non-hydrogen) atoms. The van der Waals surface area contributed by atoms with Crippen molar-refractivity contribution in [2.75, 3.05) is 0 Å². The van der Waals surface area contributed by atoms with Gasteiger partial charge in [-0.2, -0.15) is 10.1 Å². The van der Waals surface area contributed by atoms with Gasteiger partial charge in [-0.1, -0.05) is 0 Å². The van der Waals surface area contributed by atoms with Crippen LogP contribution in [0.25, 0.3) is 10.8 Å². The molecule has 3 rings (SSSR count). The molecule has 0 saturated carbocycles. The second-order valence-electron chi connectivity index (χ2n) is 3.96. The van der Waals surface area contributed by atoms with E-state index in [0.29, 0.717) is 0 Å². The van der Waals surface area contributed by atoms with Crippen LogP contribution in [0.5, 0.6) is 0 Å². The predicted molar refractivity (Wildman–Crippen MR) is 65.3 cm³/mol. The first-order chi connectivity index (χ1) is 8.25. The van der Waals surface area contributed by atoms with Gasteiger partial charge in [0.15, 0.2) is 10.8 Å². The van der Waals surface area contributed by atoms with E-state index in [1.54, 1.807) is 22.3 Å². The number of imidazole rings is 1. The first-order valence-electron chi connectivity index (χ1n) is 5.30. The smallest absolute Gasteiger partial charge is 0.195 e. The van der Waals surface area contributed by atoms with Gasteiger partial charge in [0, 0.05) is 24.0 Å². The number of fused-ring (bicyclic) bond motifs is 1. The molecule has 0 saturated heterocycles. The summed E-state index contributed by atoms with van der Waals surface area (Å²) in [5, 5.41) is 6.13. The van der Waals surface area contributed by atoms with Crippen LogP contribution in [0.15, 0.2) is 24.2 Å². The average molecular weight is 248 g/mol. The summed E-state index contributed by atoms with van der Waals surface area (Å²) in [5.41, 5.74) is 6.95. The second-order valence-corrected chi connectivity index (χ2v) is 4.83. The van der Waals surface area contributed by atoms with Crippen LogP contribution >= 0.6 is 11.3 Å². The molecule has 0 radical (unpaired) electrons. The Balaban J connectivity index is 2.19. The highest BCUT2D eigenvalue weighted by Gasteiger charge is 2.16. The molecular formula is C10H12N6S. The Labute approximate surface area is 102 Å². The number of rotatable bonds is 3. The summed E-state index contributed by atoms with van der Waals surface area (Å²) < 4.78 is 3.74. The van der Waals surface area contributed by atoms with Crippen molar-refractivity contribution in [3.63, 3.8) is 0 Å². The summed E-state index contributed by atoms with van der Waals surface area (Å²) in [5.74, 6) is 0.812. The second kappa shape index (κ2) is 3.94. The van der Waals surface area contributed by atoms with E-state index in [1.807, 2.05) is 18.5 Å². The van der Waals surface area contributed by atoms with Crippen molar-refractivity contribution in [3.8, 4) is 5.82 Å². The molecule has 0 aliphatic heterocycles. The molecule has 0 aliphatic rings. The molecule has 7 heteroatoms. The fraction of sp³-hybridized carbons (Fsp3) is 0.300. The quantitative estimate of drug-likeness (QED) is 0.746. The Bertz CT molecular complexity index is 620. The molecule has 3 heterocycles. The van der Waals surface area contributed by atoms with Crippen molar-refractivity contribution >= 4 is 16.3 Å². The van der Waals surface area contributed by atoms with E-state index in [0.717, 1.165) is 22.9 Å². The van der Waals surface area contributed by atoms with Crippen LogP contribution in [0.1, 0.15) is 12.6 Å². The van der Waals surface area contributed by atoms with Crippen molar-refractivity contribution in [3.05, 3.63) is 29.9 Å². The topological polar surface area (TPSA) is 74.0 Å². The molecular weight excluding hydrogens is 236 g/mol. The Morgan fingerprint density at radius 2 is 2.41 bits per heavy atom. The van der Waals surface area contributed by atoms with Crippen LogP contribution in [-0.4, -0.2) is 30.2 Å². The number of nitrogens with zero attached hydrogens (tertiary/aromatic N) is 5. The minimum absolute atomic E-state index is 0.0806. The standard InChI is InChI=1S/C10H12N6S/c1-7(11)4-8-9(16-6-12-5-13-16)14-10-15(8)2-3-17-10/h2-3,5-7H,4,11H2,1H3. The first-order valence-corrected chi connectivity index (χ1v) is 6.18. The van der Waals surface area contributed by atoms with Crippen molar-refractivity contribution in [1.82, 2.24) is 24.1 Å². The molecule has 88 valence electrons. The maximum atomic E-state index is 5.88. The van der Waals surface area contributed by atoms with Crippen LogP contribution in [0.2, 0.25) is 0 Å². The number of nitrogens with two attached hydrogens (primary N) is 1. The number of hydrogen-bond donors (Lipinski definition) is 1. The zero-order valence-corrected chi connectivity index (χ0v) is 10.1. The van der Waals surface area contributed by atoms with E-state index < -0.39 is 0 Å². The molecule has 1 atom stereocenters. The Morgan fingerprint density at radius 1 is 1.53 bits per heavy atom. The molecule has 3 aromatic heterocycles. The van der Waals surface area contributed by atoms with E-state index in [9.17, 15) is 0 Å². The summed E-state index contributed by atoms with van der Waals surface area (Å²) >= 11 is 1.60. The average Bonchev–Trinajstić information content (AvgIpc) is 2.94. The molecule has 0 spiro atoms. The fourth-order valence-electron chi connectivity index (χ4n) is 1.82. The largest absolute Gasteiger partial charge is 0.328 e. The third-order valence-electron chi connectivity index (χ3n) is 2.49. The maximum Gasteiger partial charge on any atom is 0.195 e. The highest BCUT2D eigenvalue weighted by molar-refractivity contribution is 7.15. The first kappa shape index (κ1) is 10.4. The van der Waals surface area contributed by atoms with Gasteiger partial charge in [-0.25, -0.2) is 9.67 Å². The van der Waals surface area contributed by atoms with Crippen molar-refractivity contribution < 1.29 is 0 Å². The summed E-state index contributed by atoms with van der Waals surface area (Å²) in [6.07, 6.45) is 5.92. The lowest BCUT2D eigenvalue weighted by Gasteiger charge is -2.06. The molecule has 0 fully saturated rings. The number of thiazole rings is 1. The molecule has 0 aliphatic carbocycles. The van der Waals surface area contributed by atoms with Crippen LogP contribution < -0.4 is 5.73 Å². The minimum Gasteiger partial charge on any atom is -0.328 e. The van der Waals surface area contributed by atoms with Gasteiger partial charge in [0.05, 0.1) is 5.69 Å². The third-order valence-corrected chi connectivity index (χ3v) is 3.25. The molecule has 1 unspecified atom stereocenters. The zero-order chi connectivity index (χ0) is 11.8. The molecule has 6 nitrogen and oxygen atoms in total. The molecule has 0 amide bonds. The van der Waals surface area contributed by atoms with Gasteiger partial charge in [0.25, 0.3) is 0 Å². The number of hydrogen-bond acceptors (Lipinski definition) is 5. The fourth-order valence-corrected chi connectivity index (χ4v) is 2.54. The van der Waals surface area contributed by atoms with E-state index in [-0.39, 0.29) is 6.04 Å². The number of aromatic nitrogens is 5. The van der Waals surface area contributed by atoms with Crippen LogP contribution in [-0.2, 0) is 6.42 Å².